The van der Waals surface area contributed by atoms with Crippen LogP contribution in [0.5, 0.6) is 5.75 Å². The molecule has 0 aliphatic carbocycles. The van der Waals surface area contributed by atoms with E-state index in [9.17, 15) is 0 Å². The summed E-state index contributed by atoms with van der Waals surface area (Å²) in [7, 11) is 1.59. The lowest BCUT2D eigenvalue weighted by atomic mass is 10.1. The highest BCUT2D eigenvalue weighted by Gasteiger charge is 2.41. The molecule has 0 saturated heterocycles. The Morgan fingerprint density at radius 1 is 1.36 bits per heavy atom. The molecule has 0 aromatic heterocycles. The molecule has 1 aliphatic rings. The van der Waals surface area contributed by atoms with Crippen molar-refractivity contribution in [1.82, 2.24) is 0 Å². The van der Waals surface area contributed by atoms with Crippen LogP contribution in [0.4, 0.5) is 0 Å². The van der Waals surface area contributed by atoms with E-state index in [0.717, 1.165) is 11.3 Å². The van der Waals surface area contributed by atoms with Gasteiger partial charge in [-0.05, 0) is 22.8 Å². The van der Waals surface area contributed by atoms with Crippen molar-refractivity contribution in [2.24, 2.45) is 15.3 Å². The molecule has 0 spiro atoms. The molecule has 0 bridgehead atoms. The van der Waals surface area contributed by atoms with Gasteiger partial charge in [-0.25, -0.2) is 0 Å². The standard InChI is InChI=1S/C8H7N5O/c1-14-7-4-2-6(3-5-7)8(10-11-8)12-13-9/h2-5H,1H3. The van der Waals surface area contributed by atoms with Crippen LogP contribution in [0, 0.1) is 0 Å². The van der Waals surface area contributed by atoms with Gasteiger partial charge in [0.25, 0.3) is 5.79 Å². The van der Waals surface area contributed by atoms with Crippen LogP contribution >= 0.6 is 0 Å². The minimum absolute atomic E-state index is 0.741. The van der Waals surface area contributed by atoms with Crippen LogP contribution in [0.2, 0.25) is 0 Å². The first kappa shape index (κ1) is 8.52. The number of hydrogen-bond donors (Lipinski definition) is 0. The van der Waals surface area contributed by atoms with E-state index in [-0.39, 0.29) is 0 Å². The molecular formula is C8H7N5O. The van der Waals surface area contributed by atoms with E-state index in [0.29, 0.717) is 0 Å². The van der Waals surface area contributed by atoms with Gasteiger partial charge in [0.2, 0.25) is 0 Å². The van der Waals surface area contributed by atoms with E-state index in [1.54, 1.807) is 31.4 Å². The van der Waals surface area contributed by atoms with Gasteiger partial charge >= 0.3 is 0 Å². The molecule has 1 heterocycles. The lowest BCUT2D eigenvalue weighted by Crippen LogP contribution is -2.02. The maximum Gasteiger partial charge on any atom is 0.293 e. The van der Waals surface area contributed by atoms with Crippen molar-refractivity contribution in [3.05, 3.63) is 40.3 Å². The lowest BCUT2D eigenvalue weighted by molar-refractivity contribution is 0.414. The van der Waals surface area contributed by atoms with Crippen LogP contribution in [0.25, 0.3) is 10.4 Å². The largest absolute Gasteiger partial charge is 0.497 e. The summed E-state index contributed by atoms with van der Waals surface area (Å²) in [6.07, 6.45) is 0. The number of nitrogens with zero attached hydrogens (tertiary/aromatic N) is 5. The van der Waals surface area contributed by atoms with Gasteiger partial charge in [0.1, 0.15) is 5.75 Å². The quantitative estimate of drug-likeness (QED) is 0.408. The molecule has 1 aromatic rings. The van der Waals surface area contributed by atoms with Gasteiger partial charge in [-0.1, -0.05) is 12.1 Å². The molecular weight excluding hydrogens is 182 g/mol. The predicted molar refractivity (Wildman–Crippen MR) is 48.7 cm³/mol. The molecule has 0 saturated carbocycles. The Morgan fingerprint density at radius 3 is 2.43 bits per heavy atom. The van der Waals surface area contributed by atoms with E-state index in [2.05, 4.69) is 20.3 Å². The fourth-order valence-corrected chi connectivity index (χ4v) is 1.14. The first-order chi connectivity index (χ1) is 6.80. The van der Waals surface area contributed by atoms with E-state index < -0.39 is 5.79 Å². The third-order valence-corrected chi connectivity index (χ3v) is 1.95. The minimum Gasteiger partial charge on any atom is -0.497 e. The van der Waals surface area contributed by atoms with Crippen LogP contribution < -0.4 is 4.74 Å². The second kappa shape index (κ2) is 3.01. The molecule has 14 heavy (non-hydrogen) atoms. The van der Waals surface area contributed by atoms with E-state index in [4.69, 9.17) is 10.3 Å². The highest BCUT2D eigenvalue weighted by Crippen LogP contribution is 2.41. The Hall–Kier alpha value is -2.07. The molecule has 1 aliphatic heterocycles. The molecule has 0 N–H and O–H groups in total. The fourth-order valence-electron chi connectivity index (χ4n) is 1.14. The third kappa shape index (κ3) is 1.27. The van der Waals surface area contributed by atoms with Crippen LogP contribution in [0.3, 0.4) is 0 Å². The summed E-state index contributed by atoms with van der Waals surface area (Å²) >= 11 is 0. The minimum atomic E-state index is -1.01. The highest BCUT2D eigenvalue weighted by atomic mass is 16.5. The monoisotopic (exact) mass is 189 g/mol. The number of rotatable bonds is 3. The second-order valence-corrected chi connectivity index (χ2v) is 2.75. The average molecular weight is 189 g/mol. The van der Waals surface area contributed by atoms with Crippen molar-refractivity contribution in [3.63, 3.8) is 0 Å². The Balaban J connectivity index is 2.29. The van der Waals surface area contributed by atoms with Gasteiger partial charge < -0.3 is 4.74 Å². The van der Waals surface area contributed by atoms with Crippen LogP contribution in [0.15, 0.2) is 39.6 Å². The Labute approximate surface area is 79.8 Å². The Bertz CT molecular complexity index is 412. The molecule has 0 amide bonds. The number of ether oxygens (including phenoxy) is 1. The Morgan fingerprint density at radius 2 is 2.00 bits per heavy atom. The van der Waals surface area contributed by atoms with Crippen LogP contribution in [-0.2, 0) is 5.79 Å². The number of benzene rings is 1. The van der Waals surface area contributed by atoms with Gasteiger partial charge in [0.15, 0.2) is 0 Å². The highest BCUT2D eigenvalue weighted by molar-refractivity contribution is 5.33. The SMILES string of the molecule is COc1ccc(C2(N=[N+]=[N-])N=N2)cc1. The van der Waals surface area contributed by atoms with Crippen LogP contribution in [-0.4, -0.2) is 7.11 Å². The van der Waals surface area contributed by atoms with Gasteiger partial charge in [-0.15, -0.1) is 10.2 Å². The zero-order valence-corrected chi connectivity index (χ0v) is 7.45. The number of hydrogen-bond acceptors (Lipinski definition) is 4. The molecule has 1 aromatic carbocycles. The summed E-state index contributed by atoms with van der Waals surface area (Å²) in [5.41, 5.74) is 9.06. The molecule has 6 heteroatoms. The van der Waals surface area contributed by atoms with Crippen molar-refractivity contribution in [2.75, 3.05) is 7.11 Å². The normalized spacial score (nSPS) is 15.8. The summed E-state index contributed by atoms with van der Waals surface area (Å²) in [4.78, 5) is 2.70. The molecule has 70 valence electrons. The van der Waals surface area contributed by atoms with Crippen LogP contribution in [0.1, 0.15) is 5.56 Å². The number of azide groups is 1. The van der Waals surface area contributed by atoms with Crippen molar-refractivity contribution in [2.45, 2.75) is 5.79 Å². The molecule has 2 rings (SSSR count). The molecule has 0 radical (unpaired) electrons. The second-order valence-electron chi connectivity index (χ2n) is 2.75. The summed E-state index contributed by atoms with van der Waals surface area (Å²) < 4.78 is 5.00. The molecule has 0 fully saturated rings. The summed E-state index contributed by atoms with van der Waals surface area (Å²) in [5.74, 6) is -0.272. The molecule has 0 atom stereocenters. The van der Waals surface area contributed by atoms with Gasteiger partial charge in [0.05, 0.1) is 7.11 Å². The zero-order valence-electron chi connectivity index (χ0n) is 7.45. The van der Waals surface area contributed by atoms with Gasteiger partial charge in [-0.3, -0.25) is 0 Å². The molecule has 0 unspecified atom stereocenters. The Kier molecular flexibility index (Phi) is 1.83. The van der Waals surface area contributed by atoms with Crippen molar-refractivity contribution >= 4 is 0 Å². The van der Waals surface area contributed by atoms with Gasteiger partial charge in [0, 0.05) is 10.5 Å². The van der Waals surface area contributed by atoms with E-state index >= 15 is 0 Å². The summed E-state index contributed by atoms with van der Waals surface area (Å²) in [5, 5.41) is 10.9. The van der Waals surface area contributed by atoms with Crippen molar-refractivity contribution < 1.29 is 4.74 Å². The van der Waals surface area contributed by atoms with E-state index in [1.165, 1.54) is 0 Å². The predicted octanol–water partition coefficient (Wildman–Crippen LogP) is 2.58. The fraction of sp³-hybridized carbons (Fsp3) is 0.250. The lowest BCUT2D eigenvalue weighted by Gasteiger charge is -2.04. The smallest absolute Gasteiger partial charge is 0.293 e. The first-order valence-electron chi connectivity index (χ1n) is 3.95. The molecule has 6 nitrogen and oxygen atoms in total. The van der Waals surface area contributed by atoms with Crippen molar-refractivity contribution in [1.29, 1.82) is 0 Å². The summed E-state index contributed by atoms with van der Waals surface area (Å²) in [6, 6.07) is 7.09. The van der Waals surface area contributed by atoms with Gasteiger partial charge in [-0.2, -0.15) is 0 Å². The first-order valence-corrected chi connectivity index (χ1v) is 3.95. The maximum atomic E-state index is 8.32. The topological polar surface area (TPSA) is 82.7 Å². The maximum absolute atomic E-state index is 8.32. The summed E-state index contributed by atoms with van der Waals surface area (Å²) in [6.45, 7) is 0. The van der Waals surface area contributed by atoms with E-state index in [1.807, 2.05) is 0 Å². The zero-order chi connectivity index (χ0) is 10.0. The number of methoxy groups -OCH3 is 1. The van der Waals surface area contributed by atoms with Crippen molar-refractivity contribution in [3.8, 4) is 5.75 Å². The average Bonchev–Trinajstić information content (AvgIpc) is 3.00. The third-order valence-electron chi connectivity index (χ3n) is 1.95.